The van der Waals surface area contributed by atoms with Gasteiger partial charge in [-0.3, -0.25) is 4.79 Å². The van der Waals surface area contributed by atoms with Gasteiger partial charge in [0.15, 0.2) is 0 Å². The molecule has 3 heteroatoms. The van der Waals surface area contributed by atoms with E-state index in [1.165, 1.54) is 7.11 Å². The van der Waals surface area contributed by atoms with Gasteiger partial charge in [0.25, 0.3) is 0 Å². The number of esters is 1. The van der Waals surface area contributed by atoms with Crippen LogP contribution in [0.25, 0.3) is 0 Å². The maximum Gasteiger partial charge on any atom is 0.323 e. The first-order chi connectivity index (χ1) is 7.20. The molecule has 2 atom stereocenters. The molecule has 1 aromatic rings. The first kappa shape index (κ1) is 9.21. The number of carbonyl (C=O) groups is 1. The molecule has 0 radical (unpaired) electrons. The molecule has 0 aliphatic rings. The largest absolute Gasteiger partial charge is 0.468 e. The van der Waals surface area contributed by atoms with Crippen LogP contribution in [-0.4, -0.2) is 19.1 Å². The highest BCUT2D eigenvalue weighted by Gasteiger charge is 2.22. The Kier molecular flexibility index (Phi) is 3.14. The van der Waals surface area contributed by atoms with Crippen molar-refractivity contribution in [3.8, 4) is 0 Å². The number of ether oxygens (including phenoxy) is 1. The summed E-state index contributed by atoms with van der Waals surface area (Å²) in [6.07, 6.45) is 0. The van der Waals surface area contributed by atoms with Gasteiger partial charge in [0.2, 0.25) is 0 Å². The number of hydrogen-bond donors (Lipinski definition) is 1. The fourth-order valence-electron chi connectivity index (χ4n) is 1.21. The van der Waals surface area contributed by atoms with Crippen LogP contribution in [0.1, 0.15) is 19.8 Å². The van der Waals surface area contributed by atoms with Crippen LogP contribution < -0.4 is 5.73 Å². The van der Waals surface area contributed by atoms with Crippen LogP contribution in [0.15, 0.2) is 30.3 Å². The van der Waals surface area contributed by atoms with Crippen molar-refractivity contribution in [1.82, 2.24) is 0 Å². The number of hydrogen-bond acceptors (Lipinski definition) is 3. The van der Waals surface area contributed by atoms with Gasteiger partial charge in [0, 0.05) is 7.29 Å². The Labute approximate surface area is 85.3 Å². The van der Waals surface area contributed by atoms with Gasteiger partial charge in [-0.15, -0.1) is 0 Å². The quantitative estimate of drug-likeness (QED) is 0.738. The van der Waals surface area contributed by atoms with Crippen molar-refractivity contribution in [1.29, 1.82) is 0 Å². The van der Waals surface area contributed by atoms with E-state index in [0.717, 1.165) is 5.56 Å². The summed E-state index contributed by atoms with van der Waals surface area (Å²) in [5.41, 5.74) is 6.61. The summed E-state index contributed by atoms with van der Waals surface area (Å²) in [5, 5.41) is 0. The Hall–Kier alpha value is -1.35. The van der Waals surface area contributed by atoms with Gasteiger partial charge in [-0.05, 0) is 5.56 Å². The maximum atomic E-state index is 11.3. The van der Waals surface area contributed by atoms with Gasteiger partial charge < -0.3 is 10.5 Å². The minimum Gasteiger partial charge on any atom is -0.468 e. The van der Waals surface area contributed by atoms with Crippen LogP contribution in [0.2, 0.25) is 0 Å². The summed E-state index contributed by atoms with van der Waals surface area (Å²) in [7, 11) is 1.30. The van der Waals surface area contributed by atoms with E-state index in [1.54, 1.807) is 0 Å². The molecule has 2 N–H and O–H groups in total. The molecule has 14 heavy (non-hydrogen) atoms. The molecule has 0 aliphatic heterocycles. The molecule has 0 saturated carbocycles. The van der Waals surface area contributed by atoms with E-state index in [1.807, 2.05) is 30.3 Å². The van der Waals surface area contributed by atoms with Crippen LogP contribution in [0.4, 0.5) is 0 Å². The zero-order valence-electron chi connectivity index (χ0n) is 9.14. The highest BCUT2D eigenvalue weighted by molar-refractivity contribution is 5.76. The molecule has 0 aliphatic carbocycles. The minimum atomic E-state index is -0.769. The van der Waals surface area contributed by atoms with Gasteiger partial charge in [-0.25, -0.2) is 0 Å². The molecule has 2 unspecified atom stereocenters. The normalized spacial score (nSPS) is 15.4. The van der Waals surface area contributed by atoms with Gasteiger partial charge in [-0.1, -0.05) is 37.2 Å². The van der Waals surface area contributed by atoms with E-state index in [4.69, 9.17) is 7.10 Å². The SMILES string of the molecule is [2H]CC(c1ccccc1)C(N)C(=O)OC. The fraction of sp³-hybridized carbons (Fsp3) is 0.364. The lowest BCUT2D eigenvalue weighted by atomic mass is 9.94. The molecule has 0 bridgehead atoms. The van der Waals surface area contributed by atoms with E-state index in [0.29, 0.717) is 0 Å². The lowest BCUT2D eigenvalue weighted by Crippen LogP contribution is -2.36. The molecule has 0 saturated heterocycles. The lowest BCUT2D eigenvalue weighted by Gasteiger charge is -2.17. The van der Waals surface area contributed by atoms with E-state index in [9.17, 15) is 4.79 Å². The van der Waals surface area contributed by atoms with Gasteiger partial charge in [-0.2, -0.15) is 0 Å². The molecule has 0 amide bonds. The second-order valence-electron chi connectivity index (χ2n) is 3.07. The standard InChI is InChI=1S/C11H15NO2/c1-8(10(12)11(13)14-2)9-6-4-3-5-7-9/h3-8,10H,12H2,1-2H3/i1D. The third-order valence-electron chi connectivity index (χ3n) is 2.13. The van der Waals surface area contributed by atoms with Crippen LogP contribution >= 0.6 is 0 Å². The van der Waals surface area contributed by atoms with Crippen molar-refractivity contribution >= 4 is 5.97 Å². The fourth-order valence-corrected chi connectivity index (χ4v) is 1.21. The van der Waals surface area contributed by atoms with Crippen LogP contribution in [-0.2, 0) is 9.53 Å². The molecular weight excluding hydrogens is 178 g/mol. The monoisotopic (exact) mass is 194 g/mol. The zero-order chi connectivity index (χ0) is 11.3. The molecule has 0 fully saturated rings. The number of benzene rings is 1. The van der Waals surface area contributed by atoms with Crippen molar-refractivity contribution in [3.05, 3.63) is 35.9 Å². The summed E-state index contributed by atoms with van der Waals surface area (Å²) >= 11 is 0. The average molecular weight is 194 g/mol. The van der Waals surface area contributed by atoms with E-state index in [-0.39, 0.29) is 12.8 Å². The predicted octanol–water partition coefficient (Wildman–Crippen LogP) is 1.29. The number of methoxy groups -OCH3 is 1. The Morgan fingerprint density at radius 3 is 2.64 bits per heavy atom. The van der Waals surface area contributed by atoms with Crippen molar-refractivity contribution in [3.63, 3.8) is 0 Å². The topological polar surface area (TPSA) is 52.3 Å². The van der Waals surface area contributed by atoms with E-state index in [2.05, 4.69) is 4.74 Å². The smallest absolute Gasteiger partial charge is 0.323 e. The second-order valence-corrected chi connectivity index (χ2v) is 3.07. The lowest BCUT2D eigenvalue weighted by molar-refractivity contribution is -0.142. The molecular formula is C11H15NO2. The Bertz CT molecular complexity index is 316. The molecule has 1 rings (SSSR count). The molecule has 3 nitrogen and oxygen atoms in total. The Balaban J connectivity index is 2.85. The zero-order valence-corrected chi connectivity index (χ0v) is 8.14. The minimum absolute atomic E-state index is 0.0697. The summed E-state index contributed by atoms with van der Waals surface area (Å²) in [6, 6.07) is 8.57. The summed E-state index contributed by atoms with van der Waals surface area (Å²) in [4.78, 5) is 11.3. The number of nitrogens with two attached hydrogens (primary N) is 1. The Morgan fingerprint density at radius 2 is 2.14 bits per heavy atom. The molecule has 0 spiro atoms. The number of rotatable bonds is 3. The third kappa shape index (κ3) is 2.33. The molecule has 0 aromatic heterocycles. The maximum absolute atomic E-state index is 11.3. The third-order valence-corrected chi connectivity index (χ3v) is 2.13. The van der Waals surface area contributed by atoms with Crippen LogP contribution in [0.3, 0.4) is 0 Å². The Morgan fingerprint density at radius 1 is 1.50 bits per heavy atom. The van der Waals surface area contributed by atoms with E-state index < -0.39 is 12.0 Å². The van der Waals surface area contributed by atoms with Gasteiger partial charge in [0.1, 0.15) is 6.04 Å². The highest BCUT2D eigenvalue weighted by atomic mass is 16.5. The molecule has 76 valence electrons. The van der Waals surface area contributed by atoms with Crippen molar-refractivity contribution in [2.75, 3.05) is 7.11 Å². The van der Waals surface area contributed by atoms with Crippen molar-refractivity contribution < 1.29 is 10.9 Å². The molecule has 0 heterocycles. The summed E-state index contributed by atoms with van der Waals surface area (Å²) < 4.78 is 12.0. The van der Waals surface area contributed by atoms with Crippen LogP contribution in [0, 0.1) is 0 Å². The molecule has 1 aromatic carbocycles. The van der Waals surface area contributed by atoms with Crippen molar-refractivity contribution in [2.45, 2.75) is 18.9 Å². The first-order valence-electron chi connectivity index (χ1n) is 5.09. The van der Waals surface area contributed by atoms with Crippen molar-refractivity contribution in [2.24, 2.45) is 5.73 Å². The number of carbonyl (C=O) groups excluding carboxylic acids is 1. The highest BCUT2D eigenvalue weighted by Crippen LogP contribution is 2.17. The second kappa shape index (κ2) is 4.77. The summed E-state index contributed by atoms with van der Waals surface area (Å²) in [5.74, 6) is -0.783. The average Bonchev–Trinajstić information content (AvgIpc) is 2.30. The van der Waals surface area contributed by atoms with E-state index >= 15 is 0 Å². The first-order valence-corrected chi connectivity index (χ1v) is 4.38. The van der Waals surface area contributed by atoms with Crippen LogP contribution in [0.5, 0.6) is 0 Å². The predicted molar refractivity (Wildman–Crippen MR) is 54.8 cm³/mol. The van der Waals surface area contributed by atoms with Gasteiger partial charge >= 0.3 is 5.97 Å². The van der Waals surface area contributed by atoms with Gasteiger partial charge in [0.05, 0.1) is 7.11 Å². The summed E-state index contributed by atoms with van der Waals surface area (Å²) in [6.45, 7) is 0.0697.